The molecule has 0 amide bonds. The number of anilines is 1. The molecular weight excluding hydrogens is 222 g/mol. The number of aromatic nitrogens is 2. The van der Waals surface area contributed by atoms with E-state index in [0.717, 1.165) is 16.9 Å². The monoisotopic (exact) mass is 235 g/mol. The molecule has 0 radical (unpaired) electrons. The second-order valence-corrected chi connectivity index (χ2v) is 4.27. The molecule has 2 N–H and O–H groups in total. The molecule has 16 heavy (non-hydrogen) atoms. The van der Waals surface area contributed by atoms with Crippen LogP contribution < -0.4 is 5.73 Å². The van der Waals surface area contributed by atoms with Crippen molar-refractivity contribution >= 4 is 17.3 Å². The summed E-state index contributed by atoms with van der Waals surface area (Å²) in [5.41, 5.74) is 9.93. The molecular formula is C12H14ClN3. The van der Waals surface area contributed by atoms with Gasteiger partial charge >= 0.3 is 0 Å². The zero-order valence-corrected chi connectivity index (χ0v) is 10.1. The van der Waals surface area contributed by atoms with Crippen molar-refractivity contribution in [2.75, 3.05) is 5.73 Å². The van der Waals surface area contributed by atoms with Crippen LogP contribution in [-0.4, -0.2) is 9.78 Å². The topological polar surface area (TPSA) is 43.8 Å². The number of nitrogens with zero attached hydrogens (tertiary/aromatic N) is 2. The quantitative estimate of drug-likeness (QED) is 0.814. The molecule has 84 valence electrons. The molecule has 0 fully saturated rings. The number of nitrogen functional groups attached to an aromatic ring is 1. The van der Waals surface area contributed by atoms with Crippen LogP contribution in [0.5, 0.6) is 0 Å². The van der Waals surface area contributed by atoms with Crippen molar-refractivity contribution in [1.82, 2.24) is 9.78 Å². The summed E-state index contributed by atoms with van der Waals surface area (Å²) in [4.78, 5) is 0. The molecule has 0 aliphatic carbocycles. The van der Waals surface area contributed by atoms with Crippen LogP contribution in [0.2, 0.25) is 5.02 Å². The first kappa shape index (κ1) is 11.0. The van der Waals surface area contributed by atoms with E-state index in [2.05, 4.69) is 11.2 Å². The van der Waals surface area contributed by atoms with E-state index in [1.54, 1.807) is 6.20 Å². The Morgan fingerprint density at radius 2 is 2.12 bits per heavy atom. The molecule has 0 spiro atoms. The lowest BCUT2D eigenvalue weighted by atomic mass is 10.1. The Labute approximate surface area is 99.8 Å². The standard InChI is InChI=1S/C12H14ClN3/c1-8-10(4-3-5-12(8)14)7-16-9(2)11(13)6-15-16/h3-6H,7,14H2,1-2H3. The van der Waals surface area contributed by atoms with E-state index in [-0.39, 0.29) is 0 Å². The Bertz CT molecular complexity index is 517. The van der Waals surface area contributed by atoms with Gasteiger partial charge in [-0.3, -0.25) is 4.68 Å². The van der Waals surface area contributed by atoms with E-state index in [0.29, 0.717) is 11.6 Å². The van der Waals surface area contributed by atoms with Crippen LogP contribution in [-0.2, 0) is 6.54 Å². The Morgan fingerprint density at radius 3 is 2.75 bits per heavy atom. The lowest BCUT2D eigenvalue weighted by Gasteiger charge is -2.09. The Kier molecular flexibility index (Phi) is 2.88. The van der Waals surface area contributed by atoms with Crippen molar-refractivity contribution in [2.45, 2.75) is 20.4 Å². The van der Waals surface area contributed by atoms with Gasteiger partial charge in [-0.15, -0.1) is 0 Å². The zero-order chi connectivity index (χ0) is 11.7. The fourth-order valence-electron chi connectivity index (χ4n) is 1.62. The van der Waals surface area contributed by atoms with Crippen molar-refractivity contribution in [3.8, 4) is 0 Å². The van der Waals surface area contributed by atoms with E-state index >= 15 is 0 Å². The number of hydrogen-bond acceptors (Lipinski definition) is 2. The first-order chi connectivity index (χ1) is 7.59. The van der Waals surface area contributed by atoms with Crippen molar-refractivity contribution in [3.05, 3.63) is 46.2 Å². The number of nitrogens with two attached hydrogens (primary N) is 1. The molecule has 1 aromatic carbocycles. The first-order valence-electron chi connectivity index (χ1n) is 5.11. The largest absolute Gasteiger partial charge is 0.399 e. The number of benzene rings is 1. The molecule has 0 aliphatic heterocycles. The highest BCUT2D eigenvalue weighted by molar-refractivity contribution is 6.31. The van der Waals surface area contributed by atoms with Crippen molar-refractivity contribution < 1.29 is 0 Å². The molecule has 2 aromatic rings. The SMILES string of the molecule is Cc1c(N)cccc1Cn1ncc(Cl)c1C. The van der Waals surface area contributed by atoms with E-state index < -0.39 is 0 Å². The minimum absolute atomic E-state index is 0.696. The molecule has 0 unspecified atom stereocenters. The molecule has 4 heteroatoms. The van der Waals surface area contributed by atoms with Crippen LogP contribution in [0.25, 0.3) is 0 Å². The van der Waals surface area contributed by atoms with Gasteiger partial charge < -0.3 is 5.73 Å². The van der Waals surface area contributed by atoms with E-state index in [1.807, 2.05) is 30.7 Å². The van der Waals surface area contributed by atoms with Crippen LogP contribution >= 0.6 is 11.6 Å². The summed E-state index contributed by atoms with van der Waals surface area (Å²) in [5, 5.41) is 4.92. The summed E-state index contributed by atoms with van der Waals surface area (Å²) in [6, 6.07) is 5.92. The summed E-state index contributed by atoms with van der Waals surface area (Å²) in [6.45, 7) is 4.68. The molecule has 0 aliphatic rings. The summed E-state index contributed by atoms with van der Waals surface area (Å²) < 4.78 is 1.88. The van der Waals surface area contributed by atoms with Gasteiger partial charge in [0.15, 0.2) is 0 Å². The maximum absolute atomic E-state index is 5.96. The van der Waals surface area contributed by atoms with Crippen LogP contribution in [0, 0.1) is 13.8 Å². The Balaban J connectivity index is 2.34. The average molecular weight is 236 g/mol. The zero-order valence-electron chi connectivity index (χ0n) is 9.37. The van der Waals surface area contributed by atoms with Crippen LogP contribution in [0.1, 0.15) is 16.8 Å². The lowest BCUT2D eigenvalue weighted by Crippen LogP contribution is -2.06. The highest BCUT2D eigenvalue weighted by Gasteiger charge is 2.07. The highest BCUT2D eigenvalue weighted by atomic mass is 35.5. The fraction of sp³-hybridized carbons (Fsp3) is 0.250. The highest BCUT2D eigenvalue weighted by Crippen LogP contribution is 2.19. The van der Waals surface area contributed by atoms with Gasteiger partial charge in [-0.05, 0) is 31.0 Å². The summed E-state index contributed by atoms with van der Waals surface area (Å²) in [7, 11) is 0. The second-order valence-electron chi connectivity index (χ2n) is 3.87. The van der Waals surface area contributed by atoms with Crippen LogP contribution in [0.15, 0.2) is 24.4 Å². The number of halogens is 1. The minimum Gasteiger partial charge on any atom is -0.399 e. The second kappa shape index (κ2) is 4.18. The van der Waals surface area contributed by atoms with E-state index in [9.17, 15) is 0 Å². The maximum atomic E-state index is 5.96. The van der Waals surface area contributed by atoms with Crippen LogP contribution in [0.3, 0.4) is 0 Å². The third-order valence-corrected chi connectivity index (χ3v) is 3.22. The predicted octanol–water partition coefficient (Wildman–Crippen LogP) is 2.78. The van der Waals surface area contributed by atoms with Gasteiger partial charge in [0.25, 0.3) is 0 Å². The molecule has 0 bridgehead atoms. The normalized spacial score (nSPS) is 10.7. The third-order valence-electron chi connectivity index (χ3n) is 2.85. The van der Waals surface area contributed by atoms with Gasteiger partial charge in [-0.1, -0.05) is 23.7 Å². The lowest BCUT2D eigenvalue weighted by molar-refractivity contribution is 0.663. The molecule has 1 heterocycles. The van der Waals surface area contributed by atoms with Gasteiger partial charge in [0.05, 0.1) is 23.5 Å². The number of rotatable bonds is 2. The van der Waals surface area contributed by atoms with E-state index in [1.165, 1.54) is 5.56 Å². The Hall–Kier alpha value is -1.48. The van der Waals surface area contributed by atoms with E-state index in [4.69, 9.17) is 17.3 Å². The van der Waals surface area contributed by atoms with Gasteiger partial charge in [-0.2, -0.15) is 5.10 Å². The number of hydrogen-bond donors (Lipinski definition) is 1. The predicted molar refractivity (Wildman–Crippen MR) is 66.7 cm³/mol. The van der Waals surface area contributed by atoms with Gasteiger partial charge in [-0.25, -0.2) is 0 Å². The Morgan fingerprint density at radius 1 is 1.38 bits per heavy atom. The molecule has 0 saturated carbocycles. The fourth-order valence-corrected chi connectivity index (χ4v) is 1.76. The van der Waals surface area contributed by atoms with Gasteiger partial charge in [0, 0.05) is 5.69 Å². The summed E-state index contributed by atoms with van der Waals surface area (Å²) >= 11 is 5.96. The van der Waals surface area contributed by atoms with Gasteiger partial charge in [0.2, 0.25) is 0 Å². The minimum atomic E-state index is 0.696. The van der Waals surface area contributed by atoms with Crippen molar-refractivity contribution in [3.63, 3.8) is 0 Å². The molecule has 3 nitrogen and oxygen atoms in total. The molecule has 1 aromatic heterocycles. The van der Waals surface area contributed by atoms with Crippen LogP contribution in [0.4, 0.5) is 5.69 Å². The first-order valence-corrected chi connectivity index (χ1v) is 5.49. The third kappa shape index (κ3) is 1.91. The van der Waals surface area contributed by atoms with Gasteiger partial charge in [0.1, 0.15) is 0 Å². The maximum Gasteiger partial charge on any atom is 0.0815 e. The van der Waals surface area contributed by atoms with Crippen molar-refractivity contribution in [2.24, 2.45) is 0 Å². The van der Waals surface area contributed by atoms with Crippen molar-refractivity contribution in [1.29, 1.82) is 0 Å². The summed E-state index contributed by atoms with van der Waals surface area (Å²) in [6.07, 6.45) is 1.67. The smallest absolute Gasteiger partial charge is 0.0815 e. The average Bonchev–Trinajstić information content (AvgIpc) is 2.57. The summed E-state index contributed by atoms with van der Waals surface area (Å²) in [5.74, 6) is 0. The molecule has 2 rings (SSSR count). The molecule has 0 saturated heterocycles. The molecule has 0 atom stereocenters.